The van der Waals surface area contributed by atoms with E-state index in [0.717, 1.165) is 0 Å². The lowest BCUT2D eigenvalue weighted by molar-refractivity contribution is -0.331. The minimum Gasteiger partial charge on any atom is -0.391 e. The lowest BCUT2D eigenvalue weighted by Gasteiger charge is -2.14. The van der Waals surface area contributed by atoms with Crippen molar-refractivity contribution in [2.24, 2.45) is 0 Å². The fourth-order valence-corrected chi connectivity index (χ4v) is 1.31. The third-order valence-corrected chi connectivity index (χ3v) is 2.20. The van der Waals surface area contributed by atoms with Gasteiger partial charge in [-0.25, -0.2) is 0 Å². The predicted molar refractivity (Wildman–Crippen MR) is 54.5 cm³/mol. The maximum atomic E-state index is 11.6. The van der Waals surface area contributed by atoms with Crippen molar-refractivity contribution in [3.8, 4) is 0 Å². The third kappa shape index (κ3) is 13.8. The number of aliphatic hydroxyl groups excluding tert-OH is 2. The largest absolute Gasteiger partial charge is 0.522 e. The Balaban J connectivity index is 3.55. The first-order valence-corrected chi connectivity index (χ1v) is 5.77. The van der Waals surface area contributed by atoms with E-state index in [2.05, 4.69) is 9.47 Å². The maximum Gasteiger partial charge on any atom is 0.522 e. The molecule has 0 aromatic carbocycles. The van der Waals surface area contributed by atoms with Gasteiger partial charge in [0, 0.05) is 0 Å². The topological polar surface area (TPSA) is 58.9 Å². The van der Waals surface area contributed by atoms with Crippen LogP contribution in [0.1, 0.15) is 25.7 Å². The van der Waals surface area contributed by atoms with E-state index in [4.69, 9.17) is 10.2 Å². The van der Waals surface area contributed by atoms with Crippen LogP contribution in [0.25, 0.3) is 0 Å². The Labute approximate surface area is 111 Å². The van der Waals surface area contributed by atoms with E-state index < -0.39 is 38.1 Å². The molecule has 0 aromatic heterocycles. The summed E-state index contributed by atoms with van der Waals surface area (Å²) < 4.78 is 76.5. The first-order valence-electron chi connectivity index (χ1n) is 5.77. The molecular formula is C10H16F6O4. The van der Waals surface area contributed by atoms with E-state index >= 15 is 0 Å². The lowest BCUT2D eigenvalue weighted by Crippen LogP contribution is -2.24. The van der Waals surface area contributed by atoms with Crippen molar-refractivity contribution >= 4 is 0 Å². The minimum absolute atomic E-state index is 0.0110. The highest BCUT2D eigenvalue weighted by atomic mass is 19.4. The van der Waals surface area contributed by atoms with Gasteiger partial charge in [-0.15, -0.1) is 26.3 Å². The molecular weight excluding hydrogens is 298 g/mol. The molecule has 0 bridgehead atoms. The highest BCUT2D eigenvalue weighted by Gasteiger charge is 2.30. The number of rotatable bonds is 9. The molecule has 122 valence electrons. The van der Waals surface area contributed by atoms with Gasteiger partial charge in [0.05, 0.1) is 25.4 Å². The molecule has 10 heteroatoms. The first kappa shape index (κ1) is 19.4. The number of hydrogen-bond donors (Lipinski definition) is 2. The molecule has 0 saturated heterocycles. The highest BCUT2D eigenvalue weighted by Crippen LogP contribution is 2.18. The van der Waals surface area contributed by atoms with E-state index in [1.54, 1.807) is 0 Å². The first-order chi connectivity index (χ1) is 8.99. The number of aliphatic hydroxyl groups is 2. The Morgan fingerprint density at radius 1 is 0.700 bits per heavy atom. The molecule has 2 N–H and O–H groups in total. The van der Waals surface area contributed by atoms with E-state index in [1.807, 2.05) is 0 Å². The summed E-state index contributed by atoms with van der Waals surface area (Å²) in [5.74, 6) is 0. The Morgan fingerprint density at radius 2 is 1.00 bits per heavy atom. The van der Waals surface area contributed by atoms with Gasteiger partial charge in [-0.2, -0.15) is 0 Å². The monoisotopic (exact) mass is 314 g/mol. The van der Waals surface area contributed by atoms with Gasteiger partial charge in [0.25, 0.3) is 0 Å². The van der Waals surface area contributed by atoms with Crippen molar-refractivity contribution in [3.63, 3.8) is 0 Å². The molecule has 4 nitrogen and oxygen atoms in total. The Morgan fingerprint density at radius 3 is 1.25 bits per heavy atom. The summed E-state index contributed by atoms with van der Waals surface area (Å²) in [5.41, 5.74) is 0. The predicted octanol–water partition coefficient (Wildman–Crippen LogP) is 2.34. The van der Waals surface area contributed by atoms with Crippen LogP contribution in [0.2, 0.25) is 0 Å². The molecule has 0 heterocycles. The zero-order valence-electron chi connectivity index (χ0n) is 10.4. The molecule has 2 atom stereocenters. The van der Waals surface area contributed by atoms with Crippen molar-refractivity contribution in [2.75, 3.05) is 13.2 Å². The smallest absolute Gasteiger partial charge is 0.391 e. The summed E-state index contributed by atoms with van der Waals surface area (Å²) in [7, 11) is 0. The second kappa shape index (κ2) is 8.65. The van der Waals surface area contributed by atoms with E-state index in [9.17, 15) is 26.3 Å². The zero-order chi connectivity index (χ0) is 15.8. The molecule has 2 unspecified atom stereocenters. The summed E-state index contributed by atoms with van der Waals surface area (Å²) in [6.07, 6.45) is -11.8. The average Bonchev–Trinajstić information content (AvgIpc) is 2.27. The molecule has 0 aliphatic carbocycles. The fourth-order valence-electron chi connectivity index (χ4n) is 1.31. The van der Waals surface area contributed by atoms with Gasteiger partial charge in [-0.05, 0) is 12.8 Å². The van der Waals surface area contributed by atoms with Crippen LogP contribution in [-0.2, 0) is 9.47 Å². The van der Waals surface area contributed by atoms with Crippen LogP contribution < -0.4 is 0 Å². The second-order valence-corrected chi connectivity index (χ2v) is 4.11. The van der Waals surface area contributed by atoms with Crippen LogP contribution in [0.4, 0.5) is 26.3 Å². The molecule has 0 radical (unpaired) electrons. The number of alkyl halides is 6. The summed E-state index contributed by atoms with van der Waals surface area (Å²) in [6.45, 7) is -1.80. The summed E-state index contributed by atoms with van der Waals surface area (Å²) in [4.78, 5) is 0. The molecule has 0 aliphatic heterocycles. The van der Waals surface area contributed by atoms with Crippen LogP contribution in [0, 0.1) is 0 Å². The Hall–Kier alpha value is -0.580. The van der Waals surface area contributed by atoms with Crippen molar-refractivity contribution in [2.45, 2.75) is 50.6 Å². The van der Waals surface area contributed by atoms with Crippen LogP contribution in [0.15, 0.2) is 0 Å². The normalized spacial score (nSPS) is 16.2. The van der Waals surface area contributed by atoms with Crippen molar-refractivity contribution in [1.29, 1.82) is 0 Å². The molecule has 0 saturated carbocycles. The molecule has 0 amide bonds. The zero-order valence-corrected chi connectivity index (χ0v) is 10.4. The van der Waals surface area contributed by atoms with Gasteiger partial charge in [0.2, 0.25) is 0 Å². The molecule has 0 fully saturated rings. The number of hydrogen-bond acceptors (Lipinski definition) is 4. The van der Waals surface area contributed by atoms with Crippen molar-refractivity contribution in [1.82, 2.24) is 0 Å². The van der Waals surface area contributed by atoms with Crippen molar-refractivity contribution < 1.29 is 46.0 Å². The number of ether oxygens (including phenoxy) is 2. The third-order valence-electron chi connectivity index (χ3n) is 2.20. The Kier molecular flexibility index (Phi) is 8.40. The van der Waals surface area contributed by atoms with Crippen molar-refractivity contribution in [3.05, 3.63) is 0 Å². The maximum absolute atomic E-state index is 11.6. The molecule has 0 aromatic rings. The van der Waals surface area contributed by atoms with Crippen LogP contribution >= 0.6 is 0 Å². The second-order valence-electron chi connectivity index (χ2n) is 4.11. The minimum atomic E-state index is -4.81. The van der Waals surface area contributed by atoms with Gasteiger partial charge < -0.3 is 10.2 Å². The molecule has 0 aliphatic rings. The quantitative estimate of drug-likeness (QED) is 0.507. The standard InChI is InChI=1S/C10H16F6O4/c11-9(12,13)19-5-7(17)3-1-2-4-8(18)6-20-10(14,15)16/h7-8,17-18H,1-6H2. The number of unbranched alkanes of at least 4 members (excludes halogenated alkanes) is 1. The van der Waals surface area contributed by atoms with Gasteiger partial charge in [-0.1, -0.05) is 12.8 Å². The van der Waals surface area contributed by atoms with Crippen LogP contribution in [-0.4, -0.2) is 48.4 Å². The molecule has 20 heavy (non-hydrogen) atoms. The van der Waals surface area contributed by atoms with Crippen LogP contribution in [0.3, 0.4) is 0 Å². The Bertz CT molecular complexity index is 229. The highest BCUT2D eigenvalue weighted by molar-refractivity contribution is 4.59. The van der Waals surface area contributed by atoms with Gasteiger partial charge >= 0.3 is 12.7 Å². The average molecular weight is 314 g/mol. The summed E-state index contributed by atoms with van der Waals surface area (Å²) in [6, 6.07) is 0. The van der Waals surface area contributed by atoms with Gasteiger partial charge in [0.15, 0.2) is 0 Å². The molecule has 0 rings (SSSR count). The summed E-state index contributed by atoms with van der Waals surface area (Å²) >= 11 is 0. The molecule has 0 spiro atoms. The fraction of sp³-hybridized carbons (Fsp3) is 1.00. The van der Waals surface area contributed by atoms with Crippen LogP contribution in [0.5, 0.6) is 0 Å². The van der Waals surface area contributed by atoms with E-state index in [1.165, 1.54) is 0 Å². The van der Waals surface area contributed by atoms with Gasteiger partial charge in [0.1, 0.15) is 0 Å². The van der Waals surface area contributed by atoms with Gasteiger partial charge in [-0.3, -0.25) is 9.47 Å². The number of halogens is 6. The van der Waals surface area contributed by atoms with E-state index in [-0.39, 0.29) is 25.7 Å². The lowest BCUT2D eigenvalue weighted by atomic mass is 10.1. The summed E-state index contributed by atoms with van der Waals surface area (Å²) in [5, 5.41) is 18.3. The van der Waals surface area contributed by atoms with E-state index in [0.29, 0.717) is 0 Å². The SMILES string of the molecule is OC(CCCCC(O)COC(F)(F)F)COC(F)(F)F.